The summed E-state index contributed by atoms with van der Waals surface area (Å²) in [4.78, 5) is 23.1. The predicted octanol–water partition coefficient (Wildman–Crippen LogP) is 1.55. The van der Waals surface area contributed by atoms with Crippen LogP contribution in [-0.2, 0) is 11.3 Å². The zero-order valence-electron chi connectivity index (χ0n) is 11.9. The number of carbonyl (C=O) groups is 2. The van der Waals surface area contributed by atoms with Gasteiger partial charge in [0.25, 0.3) is 0 Å². The van der Waals surface area contributed by atoms with Gasteiger partial charge < -0.3 is 20.4 Å². The summed E-state index contributed by atoms with van der Waals surface area (Å²) in [5, 5.41) is 8.00. The number of furan rings is 1. The Labute approximate surface area is 124 Å². The Morgan fingerprint density at radius 3 is 2.86 bits per heavy atom. The van der Waals surface area contributed by atoms with E-state index in [-0.39, 0.29) is 18.5 Å². The summed E-state index contributed by atoms with van der Waals surface area (Å²) in [6, 6.07) is 3.23. The molecular weight excluding hydrogens is 270 g/mol. The lowest BCUT2D eigenvalue weighted by Crippen LogP contribution is -2.43. The van der Waals surface area contributed by atoms with Crippen molar-refractivity contribution >= 4 is 11.9 Å². The molecule has 3 amide bonds. The monoisotopic (exact) mass is 291 g/mol. The fourth-order valence-electron chi connectivity index (χ4n) is 2.16. The molecule has 1 aromatic heterocycles. The topological polar surface area (TPSA) is 83.4 Å². The van der Waals surface area contributed by atoms with E-state index in [1.165, 1.54) is 0 Å². The molecule has 1 aliphatic rings. The lowest BCUT2D eigenvalue weighted by Gasteiger charge is -2.18. The number of hydrogen-bond donors (Lipinski definition) is 3. The first kappa shape index (κ1) is 15.2. The van der Waals surface area contributed by atoms with Gasteiger partial charge in [0.05, 0.1) is 19.4 Å². The smallest absolute Gasteiger partial charge is 0.315 e. The molecule has 6 nitrogen and oxygen atoms in total. The first-order valence-electron chi connectivity index (χ1n) is 7.20. The highest BCUT2D eigenvalue weighted by molar-refractivity contribution is 5.83. The lowest BCUT2D eigenvalue weighted by atomic mass is 9.94. The molecule has 3 N–H and O–H groups in total. The molecule has 0 bridgehead atoms. The van der Waals surface area contributed by atoms with Gasteiger partial charge in [0.2, 0.25) is 5.91 Å². The molecule has 0 saturated heterocycles. The summed E-state index contributed by atoms with van der Waals surface area (Å²) in [7, 11) is 0. The van der Waals surface area contributed by atoms with Gasteiger partial charge in [0.15, 0.2) is 0 Å². The van der Waals surface area contributed by atoms with Crippen molar-refractivity contribution in [2.45, 2.75) is 25.8 Å². The number of rotatable bonds is 6. The third-order valence-corrected chi connectivity index (χ3v) is 3.38. The van der Waals surface area contributed by atoms with Gasteiger partial charge in [-0.3, -0.25) is 4.79 Å². The minimum Gasteiger partial charge on any atom is -0.467 e. The Morgan fingerprint density at radius 1 is 1.24 bits per heavy atom. The molecule has 0 spiro atoms. The third-order valence-electron chi connectivity index (χ3n) is 3.38. The molecule has 1 aliphatic carbocycles. The second-order valence-corrected chi connectivity index (χ2v) is 5.07. The van der Waals surface area contributed by atoms with Gasteiger partial charge in [-0.1, -0.05) is 12.2 Å². The molecule has 6 heteroatoms. The molecule has 0 aromatic carbocycles. The number of amides is 3. The number of nitrogens with one attached hydrogen (secondary N) is 3. The summed E-state index contributed by atoms with van der Waals surface area (Å²) in [5.41, 5.74) is 0. The van der Waals surface area contributed by atoms with Crippen LogP contribution in [0.1, 0.15) is 25.0 Å². The van der Waals surface area contributed by atoms with Crippen LogP contribution in [0.4, 0.5) is 4.79 Å². The second-order valence-electron chi connectivity index (χ2n) is 5.07. The van der Waals surface area contributed by atoms with Crippen molar-refractivity contribution in [3.63, 3.8) is 0 Å². The first-order chi connectivity index (χ1) is 10.2. The summed E-state index contributed by atoms with van der Waals surface area (Å²) in [5.74, 6) is 0.925. The van der Waals surface area contributed by atoms with Crippen LogP contribution < -0.4 is 16.0 Å². The highest BCUT2D eigenvalue weighted by Gasteiger charge is 2.11. The van der Waals surface area contributed by atoms with Crippen molar-refractivity contribution in [2.75, 3.05) is 13.1 Å². The maximum atomic E-state index is 11.6. The zero-order valence-corrected chi connectivity index (χ0v) is 11.9. The van der Waals surface area contributed by atoms with Crippen molar-refractivity contribution in [1.29, 1.82) is 0 Å². The van der Waals surface area contributed by atoms with Crippen LogP contribution >= 0.6 is 0 Å². The van der Waals surface area contributed by atoms with Gasteiger partial charge in [-0.15, -0.1) is 0 Å². The van der Waals surface area contributed by atoms with E-state index < -0.39 is 0 Å². The van der Waals surface area contributed by atoms with Crippen molar-refractivity contribution in [2.24, 2.45) is 5.92 Å². The Kier molecular flexibility index (Phi) is 5.87. The fourth-order valence-corrected chi connectivity index (χ4v) is 2.16. The van der Waals surface area contributed by atoms with Gasteiger partial charge in [0, 0.05) is 6.54 Å². The predicted molar refractivity (Wildman–Crippen MR) is 78.4 cm³/mol. The quantitative estimate of drug-likeness (QED) is 0.695. The molecular formula is C15H21N3O3. The van der Waals surface area contributed by atoms with Crippen molar-refractivity contribution < 1.29 is 14.0 Å². The van der Waals surface area contributed by atoms with E-state index in [4.69, 9.17) is 4.42 Å². The van der Waals surface area contributed by atoms with Crippen LogP contribution in [0, 0.1) is 5.92 Å². The Bertz CT molecular complexity index is 482. The SMILES string of the molecule is O=C(CNC(=O)NCC1CC=CCC1)NCc1ccco1. The molecule has 2 rings (SSSR count). The molecule has 0 radical (unpaired) electrons. The summed E-state index contributed by atoms with van der Waals surface area (Å²) in [6.45, 7) is 0.921. The van der Waals surface area contributed by atoms with Gasteiger partial charge in [-0.2, -0.15) is 0 Å². The number of hydrogen-bond acceptors (Lipinski definition) is 3. The standard InChI is InChI=1S/C15H21N3O3/c19-14(16-10-13-7-4-8-21-13)11-18-15(20)17-9-12-5-2-1-3-6-12/h1-2,4,7-8,12H,3,5-6,9-11H2,(H,16,19)(H2,17,18,20). The average Bonchev–Trinajstić information content (AvgIpc) is 3.03. The minimum absolute atomic E-state index is 0.0445. The molecule has 0 fully saturated rings. The van der Waals surface area contributed by atoms with Gasteiger partial charge in [0.1, 0.15) is 5.76 Å². The minimum atomic E-state index is -0.308. The van der Waals surface area contributed by atoms with Crippen molar-refractivity contribution in [3.8, 4) is 0 Å². The highest BCUT2D eigenvalue weighted by atomic mass is 16.3. The molecule has 21 heavy (non-hydrogen) atoms. The van der Waals surface area contributed by atoms with Crippen molar-refractivity contribution in [1.82, 2.24) is 16.0 Å². The zero-order chi connectivity index (χ0) is 14.9. The van der Waals surface area contributed by atoms with Crippen molar-refractivity contribution in [3.05, 3.63) is 36.3 Å². The van der Waals surface area contributed by atoms with Crippen LogP contribution in [0.3, 0.4) is 0 Å². The van der Waals surface area contributed by atoms with Gasteiger partial charge in [-0.25, -0.2) is 4.79 Å². The molecule has 114 valence electrons. The van der Waals surface area contributed by atoms with Crippen LogP contribution in [0.25, 0.3) is 0 Å². The Morgan fingerprint density at radius 2 is 2.14 bits per heavy atom. The van der Waals surface area contributed by atoms with E-state index in [9.17, 15) is 9.59 Å². The molecule has 1 unspecified atom stereocenters. The Hall–Kier alpha value is -2.24. The van der Waals surface area contributed by atoms with Crippen LogP contribution in [0.2, 0.25) is 0 Å². The first-order valence-corrected chi connectivity index (χ1v) is 7.20. The van der Waals surface area contributed by atoms with E-state index in [2.05, 4.69) is 28.1 Å². The maximum Gasteiger partial charge on any atom is 0.315 e. The molecule has 1 heterocycles. The summed E-state index contributed by atoms with van der Waals surface area (Å²) in [6.07, 6.45) is 9.04. The average molecular weight is 291 g/mol. The highest BCUT2D eigenvalue weighted by Crippen LogP contribution is 2.16. The van der Waals surface area contributed by atoms with Gasteiger partial charge >= 0.3 is 6.03 Å². The summed E-state index contributed by atoms with van der Waals surface area (Å²) < 4.78 is 5.10. The number of allylic oxidation sites excluding steroid dienone is 2. The fraction of sp³-hybridized carbons (Fsp3) is 0.467. The van der Waals surface area contributed by atoms with Crippen LogP contribution in [0.15, 0.2) is 35.0 Å². The number of carbonyl (C=O) groups excluding carboxylic acids is 2. The van der Waals surface area contributed by atoms with E-state index >= 15 is 0 Å². The molecule has 1 aromatic rings. The third kappa shape index (κ3) is 5.72. The Balaban J connectivity index is 1.55. The van der Waals surface area contributed by atoms with E-state index in [0.29, 0.717) is 24.8 Å². The molecule has 1 atom stereocenters. The largest absolute Gasteiger partial charge is 0.467 e. The molecule has 0 aliphatic heterocycles. The van der Waals surface area contributed by atoms with Gasteiger partial charge in [-0.05, 0) is 37.3 Å². The normalized spacial score (nSPS) is 17.2. The van der Waals surface area contributed by atoms with E-state index in [0.717, 1.165) is 19.3 Å². The second kappa shape index (κ2) is 8.14. The van der Waals surface area contributed by atoms with E-state index in [1.54, 1.807) is 18.4 Å². The number of urea groups is 1. The van der Waals surface area contributed by atoms with Crippen LogP contribution in [0.5, 0.6) is 0 Å². The summed E-state index contributed by atoms with van der Waals surface area (Å²) >= 11 is 0. The maximum absolute atomic E-state index is 11.6. The van der Waals surface area contributed by atoms with E-state index in [1.807, 2.05) is 0 Å². The lowest BCUT2D eigenvalue weighted by molar-refractivity contribution is -0.120. The van der Waals surface area contributed by atoms with Crippen LogP contribution in [-0.4, -0.2) is 25.0 Å². The molecule has 0 saturated carbocycles.